The van der Waals surface area contributed by atoms with E-state index in [4.69, 9.17) is 48.6 Å². The van der Waals surface area contributed by atoms with Crippen molar-refractivity contribution in [3.05, 3.63) is 28.2 Å². The van der Waals surface area contributed by atoms with Crippen LogP contribution in [-0.4, -0.2) is 12.2 Å². The summed E-state index contributed by atoms with van der Waals surface area (Å²) < 4.78 is 17.0. The third kappa shape index (κ3) is 5.99. The van der Waals surface area contributed by atoms with E-state index < -0.39 is 6.72 Å². The van der Waals surface area contributed by atoms with Crippen molar-refractivity contribution in [3.63, 3.8) is 0 Å². The number of halogens is 2. The Morgan fingerprint density at radius 1 is 1.05 bits per heavy atom. The zero-order valence-electron chi connectivity index (χ0n) is 11.2. The molecule has 0 aliphatic rings. The highest BCUT2D eigenvalue weighted by atomic mass is 35.5. The molecule has 19 heavy (non-hydrogen) atoms. The second-order valence-corrected chi connectivity index (χ2v) is 8.11. The summed E-state index contributed by atoms with van der Waals surface area (Å²) in [7, 11) is 0. The molecule has 3 nitrogen and oxygen atoms in total. The van der Waals surface area contributed by atoms with Crippen LogP contribution in [0, 0.1) is 0 Å². The maximum atomic E-state index is 6.06. The zero-order valence-corrected chi connectivity index (χ0v) is 14.4. The minimum atomic E-state index is -2.89. The van der Waals surface area contributed by atoms with Gasteiger partial charge >= 0.3 is 6.72 Å². The van der Waals surface area contributed by atoms with E-state index in [1.54, 1.807) is 18.2 Å². The molecule has 0 amide bonds. The summed E-state index contributed by atoms with van der Waals surface area (Å²) in [5, 5.41) is 0.904. The first-order valence-corrected chi connectivity index (χ1v) is 9.14. The molecule has 0 unspecified atom stereocenters. The molecule has 0 aliphatic heterocycles. The molecule has 0 saturated carbocycles. The fraction of sp³-hybridized carbons (Fsp3) is 0.500. The van der Waals surface area contributed by atoms with Crippen molar-refractivity contribution in [2.75, 3.05) is 0 Å². The molecule has 1 aromatic carbocycles. The number of rotatable bonds is 6. The molecule has 0 saturated heterocycles. The Hall–Kier alpha value is 0.170. The van der Waals surface area contributed by atoms with Crippen molar-refractivity contribution < 1.29 is 13.6 Å². The van der Waals surface area contributed by atoms with Gasteiger partial charge < -0.3 is 4.52 Å². The van der Waals surface area contributed by atoms with Crippen LogP contribution in [0.1, 0.15) is 27.7 Å². The van der Waals surface area contributed by atoms with E-state index >= 15 is 0 Å². The van der Waals surface area contributed by atoms with Gasteiger partial charge in [0.25, 0.3) is 0 Å². The third-order valence-corrected chi connectivity index (χ3v) is 4.83. The van der Waals surface area contributed by atoms with E-state index in [2.05, 4.69) is 0 Å². The van der Waals surface area contributed by atoms with Crippen molar-refractivity contribution in [2.45, 2.75) is 39.9 Å². The van der Waals surface area contributed by atoms with Crippen molar-refractivity contribution in [1.29, 1.82) is 0 Å². The second kappa shape index (κ2) is 7.26. The van der Waals surface area contributed by atoms with Gasteiger partial charge in [0.2, 0.25) is 0 Å². The fourth-order valence-corrected chi connectivity index (χ4v) is 4.60. The lowest BCUT2D eigenvalue weighted by Gasteiger charge is -2.26. The molecule has 0 aromatic heterocycles. The van der Waals surface area contributed by atoms with Crippen LogP contribution in [0.3, 0.4) is 0 Å². The molecule has 0 bridgehead atoms. The molecule has 0 radical (unpaired) electrons. The molecule has 0 heterocycles. The van der Waals surface area contributed by atoms with Crippen LogP contribution in [-0.2, 0) is 20.9 Å². The molecule has 1 rings (SSSR count). The average Bonchev–Trinajstić information content (AvgIpc) is 2.19. The number of hydrogen-bond acceptors (Lipinski definition) is 4. The summed E-state index contributed by atoms with van der Waals surface area (Å²) in [6, 6.07) is 4.91. The topological polar surface area (TPSA) is 27.7 Å². The summed E-state index contributed by atoms with van der Waals surface area (Å²) in [5.41, 5.74) is 0. The normalized spacial score (nSPS) is 12.2. The van der Waals surface area contributed by atoms with Gasteiger partial charge in [-0.2, -0.15) is 0 Å². The molecular weight excluding hydrogens is 326 g/mol. The van der Waals surface area contributed by atoms with Gasteiger partial charge in [-0.3, -0.25) is 9.05 Å². The van der Waals surface area contributed by atoms with Crippen LogP contribution in [0.15, 0.2) is 18.2 Å². The number of benzene rings is 1. The molecular formula is C12H17Cl2O3PS. The minimum Gasteiger partial charge on any atom is -0.423 e. The summed E-state index contributed by atoms with van der Waals surface area (Å²) in [6.45, 7) is 4.60. The molecule has 0 N–H and O–H groups in total. The average molecular weight is 343 g/mol. The highest BCUT2D eigenvalue weighted by Crippen LogP contribution is 2.53. The van der Waals surface area contributed by atoms with Crippen molar-refractivity contribution in [3.8, 4) is 5.75 Å². The van der Waals surface area contributed by atoms with Crippen LogP contribution >= 0.6 is 29.9 Å². The summed E-state index contributed by atoms with van der Waals surface area (Å²) in [6.07, 6.45) is -0.202. The van der Waals surface area contributed by atoms with E-state index in [1.807, 2.05) is 27.7 Å². The van der Waals surface area contributed by atoms with E-state index in [1.165, 1.54) is 0 Å². The summed E-state index contributed by atoms with van der Waals surface area (Å²) in [4.78, 5) is 0. The Balaban J connectivity index is 2.96. The van der Waals surface area contributed by atoms with Crippen LogP contribution in [0.25, 0.3) is 0 Å². The number of hydrogen-bond donors (Lipinski definition) is 0. The van der Waals surface area contributed by atoms with Crippen LogP contribution in [0.2, 0.25) is 10.0 Å². The monoisotopic (exact) mass is 342 g/mol. The third-order valence-electron chi connectivity index (χ3n) is 1.78. The smallest absolute Gasteiger partial charge is 0.381 e. The quantitative estimate of drug-likeness (QED) is 0.642. The van der Waals surface area contributed by atoms with Gasteiger partial charge in [0.05, 0.1) is 17.2 Å². The van der Waals surface area contributed by atoms with Gasteiger partial charge in [0, 0.05) is 16.8 Å². The van der Waals surface area contributed by atoms with Crippen LogP contribution < -0.4 is 4.52 Å². The van der Waals surface area contributed by atoms with Gasteiger partial charge in [0.1, 0.15) is 5.75 Å². The van der Waals surface area contributed by atoms with Crippen molar-refractivity contribution in [2.24, 2.45) is 0 Å². The van der Waals surface area contributed by atoms with Crippen LogP contribution in [0.4, 0.5) is 0 Å². The van der Waals surface area contributed by atoms with E-state index in [0.717, 1.165) is 0 Å². The van der Waals surface area contributed by atoms with E-state index in [-0.39, 0.29) is 12.2 Å². The molecule has 7 heteroatoms. The first-order chi connectivity index (χ1) is 8.72. The predicted molar refractivity (Wildman–Crippen MR) is 83.8 cm³/mol. The van der Waals surface area contributed by atoms with Crippen molar-refractivity contribution in [1.82, 2.24) is 0 Å². The second-order valence-electron chi connectivity index (χ2n) is 4.42. The Morgan fingerprint density at radius 3 is 2.00 bits per heavy atom. The molecule has 0 aliphatic carbocycles. The SMILES string of the molecule is CC(C)OP(=S)(Oc1ccc(Cl)cc1Cl)OC(C)C. The Kier molecular flexibility index (Phi) is 6.58. The van der Waals surface area contributed by atoms with Crippen molar-refractivity contribution >= 4 is 41.7 Å². The predicted octanol–water partition coefficient (Wildman–Crippen LogP) is 5.45. The maximum Gasteiger partial charge on any atom is 0.381 e. The lowest BCUT2D eigenvalue weighted by Crippen LogP contribution is -2.11. The first-order valence-electron chi connectivity index (χ1n) is 5.83. The summed E-state index contributed by atoms with van der Waals surface area (Å²) >= 11 is 17.3. The van der Waals surface area contributed by atoms with E-state index in [0.29, 0.717) is 15.8 Å². The van der Waals surface area contributed by atoms with Gasteiger partial charge in [-0.05, 0) is 45.9 Å². The van der Waals surface area contributed by atoms with Gasteiger partial charge in [-0.1, -0.05) is 23.2 Å². The highest BCUT2D eigenvalue weighted by molar-refractivity contribution is 8.07. The molecule has 1 aromatic rings. The fourth-order valence-electron chi connectivity index (χ4n) is 1.25. The standard InChI is InChI=1S/C12H17Cl2O3PS/c1-8(2)15-18(19,16-9(3)4)17-12-6-5-10(13)7-11(12)14/h5-9H,1-4H3. The Bertz CT molecular complexity index is 466. The minimum absolute atomic E-state index is 0.101. The molecule has 0 atom stereocenters. The van der Waals surface area contributed by atoms with Crippen LogP contribution in [0.5, 0.6) is 5.75 Å². The molecule has 0 fully saturated rings. The highest BCUT2D eigenvalue weighted by Gasteiger charge is 2.26. The van der Waals surface area contributed by atoms with Gasteiger partial charge in [-0.25, -0.2) is 0 Å². The Morgan fingerprint density at radius 2 is 1.58 bits per heavy atom. The lowest BCUT2D eigenvalue weighted by atomic mass is 10.3. The lowest BCUT2D eigenvalue weighted by molar-refractivity contribution is 0.141. The van der Waals surface area contributed by atoms with E-state index in [9.17, 15) is 0 Å². The van der Waals surface area contributed by atoms with Gasteiger partial charge in [-0.15, -0.1) is 0 Å². The largest absolute Gasteiger partial charge is 0.423 e. The first kappa shape index (κ1) is 17.2. The summed E-state index contributed by atoms with van der Waals surface area (Å²) in [5.74, 6) is 0.413. The molecule has 0 spiro atoms. The zero-order chi connectivity index (χ0) is 14.6. The molecule has 108 valence electrons. The van der Waals surface area contributed by atoms with Gasteiger partial charge in [0.15, 0.2) is 0 Å². The maximum absolute atomic E-state index is 6.06. The Labute approximate surface area is 129 Å².